The fourth-order valence-corrected chi connectivity index (χ4v) is 2.18. The second kappa shape index (κ2) is 4.63. The molecule has 17 heavy (non-hydrogen) atoms. The van der Waals surface area contributed by atoms with Crippen LogP contribution in [0.15, 0.2) is 24.7 Å². The van der Waals surface area contributed by atoms with Crippen molar-refractivity contribution in [3.05, 3.63) is 30.5 Å². The minimum Gasteiger partial charge on any atom is -0.339 e. The molecule has 3 heterocycles. The fraction of sp³-hybridized carbons (Fsp3) is 0.417. The van der Waals surface area contributed by atoms with Crippen molar-refractivity contribution in [2.24, 2.45) is 0 Å². The second-order valence-electron chi connectivity index (χ2n) is 4.30. The zero-order valence-electron chi connectivity index (χ0n) is 9.56. The molecule has 5 nitrogen and oxygen atoms in total. The Kier molecular flexibility index (Phi) is 2.83. The Morgan fingerprint density at radius 3 is 2.82 bits per heavy atom. The quantitative estimate of drug-likeness (QED) is 0.815. The van der Waals surface area contributed by atoms with Gasteiger partial charge in [0.15, 0.2) is 5.82 Å². The number of H-pyrrole nitrogens is 1. The molecule has 0 spiro atoms. The summed E-state index contributed by atoms with van der Waals surface area (Å²) in [5, 5.41) is 3.39. The monoisotopic (exact) mass is 229 g/mol. The summed E-state index contributed by atoms with van der Waals surface area (Å²) in [6, 6.07) is 1.81. The summed E-state index contributed by atoms with van der Waals surface area (Å²) >= 11 is 0. The number of imidazole rings is 1. The lowest BCUT2D eigenvalue weighted by atomic mass is 9.99. The Hall–Kier alpha value is -1.75. The van der Waals surface area contributed by atoms with Gasteiger partial charge >= 0.3 is 0 Å². The Morgan fingerprint density at radius 1 is 1.18 bits per heavy atom. The molecule has 88 valence electrons. The van der Waals surface area contributed by atoms with Crippen LogP contribution in [0.1, 0.15) is 24.6 Å². The SMILES string of the molecule is c1cnc(-c2cnc(C3CCCNC3)[nH]2)nc1. The molecule has 3 rings (SSSR count). The van der Waals surface area contributed by atoms with E-state index in [-0.39, 0.29) is 0 Å². The number of hydrogen-bond donors (Lipinski definition) is 2. The van der Waals surface area contributed by atoms with Crippen LogP contribution in [-0.4, -0.2) is 33.0 Å². The normalized spacial score (nSPS) is 20.4. The van der Waals surface area contributed by atoms with Gasteiger partial charge in [-0.2, -0.15) is 0 Å². The summed E-state index contributed by atoms with van der Waals surface area (Å²) in [4.78, 5) is 16.2. The predicted octanol–water partition coefficient (Wildman–Crippen LogP) is 1.33. The molecule has 0 amide bonds. The van der Waals surface area contributed by atoms with E-state index in [0.29, 0.717) is 11.7 Å². The smallest absolute Gasteiger partial charge is 0.177 e. The van der Waals surface area contributed by atoms with Gasteiger partial charge in [0.2, 0.25) is 0 Å². The van der Waals surface area contributed by atoms with Gasteiger partial charge in [0.1, 0.15) is 11.5 Å². The van der Waals surface area contributed by atoms with E-state index in [0.717, 1.165) is 24.6 Å². The first-order valence-corrected chi connectivity index (χ1v) is 5.96. The van der Waals surface area contributed by atoms with E-state index < -0.39 is 0 Å². The van der Waals surface area contributed by atoms with E-state index in [1.165, 1.54) is 12.8 Å². The molecule has 0 aromatic carbocycles. The Morgan fingerprint density at radius 2 is 2.06 bits per heavy atom. The Labute approximate surface area is 99.7 Å². The second-order valence-corrected chi connectivity index (χ2v) is 4.30. The molecular formula is C12H15N5. The molecule has 2 aromatic rings. The van der Waals surface area contributed by atoms with Gasteiger partial charge < -0.3 is 10.3 Å². The molecule has 2 aromatic heterocycles. The van der Waals surface area contributed by atoms with Crippen LogP contribution in [0.25, 0.3) is 11.5 Å². The van der Waals surface area contributed by atoms with Crippen LogP contribution in [0.2, 0.25) is 0 Å². The van der Waals surface area contributed by atoms with Gasteiger partial charge in [-0.05, 0) is 25.5 Å². The lowest BCUT2D eigenvalue weighted by Crippen LogP contribution is -2.28. The zero-order valence-corrected chi connectivity index (χ0v) is 9.56. The summed E-state index contributed by atoms with van der Waals surface area (Å²) in [7, 11) is 0. The van der Waals surface area contributed by atoms with Crippen LogP contribution < -0.4 is 5.32 Å². The molecule has 1 aliphatic rings. The molecule has 0 aliphatic carbocycles. The highest BCUT2D eigenvalue weighted by Gasteiger charge is 2.18. The molecular weight excluding hydrogens is 214 g/mol. The molecule has 1 fully saturated rings. The van der Waals surface area contributed by atoms with E-state index in [1.54, 1.807) is 12.4 Å². The van der Waals surface area contributed by atoms with E-state index >= 15 is 0 Å². The third-order valence-corrected chi connectivity index (χ3v) is 3.09. The van der Waals surface area contributed by atoms with E-state index in [9.17, 15) is 0 Å². The van der Waals surface area contributed by atoms with Crippen molar-refractivity contribution in [3.63, 3.8) is 0 Å². The van der Waals surface area contributed by atoms with Gasteiger partial charge in [-0.15, -0.1) is 0 Å². The number of hydrogen-bond acceptors (Lipinski definition) is 4. The number of rotatable bonds is 2. The first-order chi connectivity index (χ1) is 8.43. The van der Waals surface area contributed by atoms with Crippen molar-refractivity contribution < 1.29 is 0 Å². The predicted molar refractivity (Wildman–Crippen MR) is 64.5 cm³/mol. The highest BCUT2D eigenvalue weighted by Crippen LogP contribution is 2.22. The maximum atomic E-state index is 4.44. The highest BCUT2D eigenvalue weighted by atomic mass is 15.0. The summed E-state index contributed by atoms with van der Waals surface area (Å²) in [5.41, 5.74) is 0.895. The minimum absolute atomic E-state index is 0.487. The zero-order chi connectivity index (χ0) is 11.5. The van der Waals surface area contributed by atoms with Gasteiger partial charge in [0.25, 0.3) is 0 Å². The maximum absolute atomic E-state index is 4.44. The van der Waals surface area contributed by atoms with Gasteiger partial charge in [-0.1, -0.05) is 0 Å². The van der Waals surface area contributed by atoms with Gasteiger partial charge in [0, 0.05) is 24.9 Å². The summed E-state index contributed by atoms with van der Waals surface area (Å²) in [6.45, 7) is 2.12. The molecule has 1 atom stereocenters. The van der Waals surface area contributed by atoms with Crippen LogP contribution in [-0.2, 0) is 0 Å². The van der Waals surface area contributed by atoms with Crippen LogP contribution in [0.4, 0.5) is 0 Å². The Balaban J connectivity index is 1.83. The summed E-state index contributed by atoms with van der Waals surface area (Å²) in [5.74, 6) is 2.23. The third kappa shape index (κ3) is 2.19. The van der Waals surface area contributed by atoms with Crippen molar-refractivity contribution in [1.82, 2.24) is 25.3 Å². The average molecular weight is 229 g/mol. The van der Waals surface area contributed by atoms with E-state index in [1.807, 2.05) is 12.3 Å². The Bertz CT molecular complexity index is 473. The first kappa shape index (κ1) is 10.4. The number of piperidine rings is 1. The average Bonchev–Trinajstić information content (AvgIpc) is 2.90. The summed E-state index contributed by atoms with van der Waals surface area (Å²) in [6.07, 6.45) is 7.70. The van der Waals surface area contributed by atoms with Gasteiger partial charge in [-0.3, -0.25) is 0 Å². The van der Waals surface area contributed by atoms with Crippen molar-refractivity contribution >= 4 is 0 Å². The van der Waals surface area contributed by atoms with Gasteiger partial charge in [-0.25, -0.2) is 15.0 Å². The third-order valence-electron chi connectivity index (χ3n) is 3.09. The molecule has 1 aliphatic heterocycles. The van der Waals surface area contributed by atoms with E-state index in [4.69, 9.17) is 0 Å². The molecule has 5 heteroatoms. The van der Waals surface area contributed by atoms with E-state index in [2.05, 4.69) is 25.3 Å². The van der Waals surface area contributed by atoms with Crippen molar-refractivity contribution in [2.75, 3.05) is 13.1 Å². The molecule has 0 bridgehead atoms. The van der Waals surface area contributed by atoms with Crippen molar-refractivity contribution in [3.8, 4) is 11.5 Å². The van der Waals surface area contributed by atoms with Crippen molar-refractivity contribution in [2.45, 2.75) is 18.8 Å². The summed E-state index contributed by atoms with van der Waals surface area (Å²) < 4.78 is 0. The number of aromatic nitrogens is 4. The minimum atomic E-state index is 0.487. The molecule has 2 N–H and O–H groups in total. The van der Waals surface area contributed by atoms with Crippen LogP contribution in [0.5, 0.6) is 0 Å². The van der Waals surface area contributed by atoms with Crippen LogP contribution in [0.3, 0.4) is 0 Å². The largest absolute Gasteiger partial charge is 0.339 e. The highest BCUT2D eigenvalue weighted by molar-refractivity contribution is 5.47. The molecule has 0 radical (unpaired) electrons. The number of aromatic amines is 1. The lowest BCUT2D eigenvalue weighted by Gasteiger charge is -2.20. The first-order valence-electron chi connectivity index (χ1n) is 5.96. The standard InChI is InChI=1S/C12H15N5/c1-3-9(7-13-4-1)11-16-8-10(17-11)12-14-5-2-6-15-12/h2,5-6,8-9,13H,1,3-4,7H2,(H,16,17). The maximum Gasteiger partial charge on any atom is 0.177 e. The van der Waals surface area contributed by atoms with Crippen molar-refractivity contribution in [1.29, 1.82) is 0 Å². The molecule has 0 saturated carbocycles. The van der Waals surface area contributed by atoms with Gasteiger partial charge in [0.05, 0.1) is 6.20 Å². The molecule has 1 unspecified atom stereocenters. The molecule has 1 saturated heterocycles. The lowest BCUT2D eigenvalue weighted by molar-refractivity contribution is 0.449. The topological polar surface area (TPSA) is 66.5 Å². The number of nitrogens with zero attached hydrogens (tertiary/aromatic N) is 3. The number of nitrogens with one attached hydrogen (secondary N) is 2. The van der Waals surface area contributed by atoms with Crippen LogP contribution >= 0.6 is 0 Å². The van der Waals surface area contributed by atoms with Crippen LogP contribution in [0, 0.1) is 0 Å². The fourth-order valence-electron chi connectivity index (χ4n) is 2.18.